The van der Waals surface area contributed by atoms with Gasteiger partial charge in [-0.1, -0.05) is 0 Å². The van der Waals surface area contributed by atoms with E-state index >= 15 is 0 Å². The standard InChI is InChI=1S/C9H16N4O4/c10-9(12-13(16)17)11-5-6-1-3-7(4-2-6)8(14)15/h6-7H,1-5H2,(H,14,15)(H3,10,11,12). The van der Waals surface area contributed by atoms with E-state index in [1.165, 1.54) is 0 Å². The van der Waals surface area contributed by atoms with Crippen LogP contribution in [0.25, 0.3) is 0 Å². The smallest absolute Gasteiger partial charge is 0.306 e. The van der Waals surface area contributed by atoms with Crippen molar-refractivity contribution in [1.82, 2.24) is 5.32 Å². The van der Waals surface area contributed by atoms with Gasteiger partial charge in [0.25, 0.3) is 5.96 Å². The largest absolute Gasteiger partial charge is 0.481 e. The number of aliphatic carboxylic acids is 1. The van der Waals surface area contributed by atoms with Crippen LogP contribution >= 0.6 is 0 Å². The lowest BCUT2D eigenvalue weighted by molar-refractivity contribution is -0.485. The molecule has 96 valence electrons. The van der Waals surface area contributed by atoms with Gasteiger partial charge >= 0.3 is 5.97 Å². The first kappa shape index (κ1) is 13.2. The van der Waals surface area contributed by atoms with Gasteiger partial charge in [0.2, 0.25) is 0 Å². The molecule has 8 nitrogen and oxygen atoms in total. The number of nitrogens with one attached hydrogen (secondary N) is 1. The molecule has 1 fully saturated rings. The molecule has 0 atom stereocenters. The van der Waals surface area contributed by atoms with Gasteiger partial charge in [-0.15, -0.1) is 0 Å². The Hall–Kier alpha value is -1.86. The second-order valence-corrected chi connectivity index (χ2v) is 4.16. The Bertz CT molecular complexity index is 323. The molecule has 1 saturated carbocycles. The number of hydrazone groups is 1. The fraction of sp³-hybridized carbons (Fsp3) is 0.778. The van der Waals surface area contributed by atoms with Gasteiger partial charge in [-0.2, -0.15) is 0 Å². The fourth-order valence-electron chi connectivity index (χ4n) is 1.99. The molecule has 0 radical (unpaired) electrons. The molecule has 0 amide bonds. The predicted octanol–water partition coefficient (Wildman–Crippen LogP) is -0.0266. The van der Waals surface area contributed by atoms with Gasteiger partial charge in [0.15, 0.2) is 5.03 Å². The van der Waals surface area contributed by atoms with Crippen molar-refractivity contribution in [3.63, 3.8) is 0 Å². The van der Waals surface area contributed by atoms with Crippen LogP contribution < -0.4 is 11.1 Å². The van der Waals surface area contributed by atoms with Gasteiger partial charge < -0.3 is 16.2 Å². The Morgan fingerprint density at radius 1 is 1.47 bits per heavy atom. The van der Waals surface area contributed by atoms with E-state index in [4.69, 9.17) is 10.8 Å². The Morgan fingerprint density at radius 2 is 2.06 bits per heavy atom. The normalized spacial score (nSPS) is 25.3. The lowest BCUT2D eigenvalue weighted by atomic mass is 9.82. The molecule has 17 heavy (non-hydrogen) atoms. The first-order valence-electron chi connectivity index (χ1n) is 5.44. The second kappa shape index (κ2) is 6.02. The average Bonchev–Trinajstić information content (AvgIpc) is 2.26. The van der Waals surface area contributed by atoms with Gasteiger partial charge in [0, 0.05) is 6.54 Å². The van der Waals surface area contributed by atoms with E-state index < -0.39 is 11.0 Å². The molecule has 1 aliphatic rings. The van der Waals surface area contributed by atoms with E-state index in [9.17, 15) is 14.9 Å². The van der Waals surface area contributed by atoms with Crippen LogP contribution in [-0.2, 0) is 4.79 Å². The first-order chi connectivity index (χ1) is 7.99. The van der Waals surface area contributed by atoms with Crippen LogP contribution in [0.4, 0.5) is 0 Å². The molecule has 1 rings (SSSR count). The van der Waals surface area contributed by atoms with Crippen molar-refractivity contribution >= 4 is 11.9 Å². The Kier molecular flexibility index (Phi) is 4.68. The third-order valence-electron chi connectivity index (χ3n) is 2.96. The molecule has 0 bridgehead atoms. The van der Waals surface area contributed by atoms with Crippen LogP contribution in [0.1, 0.15) is 25.7 Å². The maximum atomic E-state index is 10.7. The quantitative estimate of drug-likeness (QED) is 0.275. The zero-order chi connectivity index (χ0) is 12.8. The van der Waals surface area contributed by atoms with E-state index in [-0.39, 0.29) is 11.9 Å². The van der Waals surface area contributed by atoms with Crippen LogP contribution in [0.3, 0.4) is 0 Å². The highest BCUT2D eigenvalue weighted by Gasteiger charge is 2.25. The zero-order valence-electron chi connectivity index (χ0n) is 9.33. The Labute approximate surface area is 98.0 Å². The minimum atomic E-state index is -0.857. The third kappa shape index (κ3) is 4.66. The second-order valence-electron chi connectivity index (χ2n) is 4.16. The monoisotopic (exact) mass is 244 g/mol. The number of rotatable bonds is 4. The minimum absolute atomic E-state index is 0.213. The van der Waals surface area contributed by atoms with E-state index in [0.29, 0.717) is 25.3 Å². The number of guanidine groups is 1. The first-order valence-corrected chi connectivity index (χ1v) is 5.44. The average molecular weight is 244 g/mol. The van der Waals surface area contributed by atoms with Gasteiger partial charge in [0.1, 0.15) is 5.10 Å². The van der Waals surface area contributed by atoms with Gasteiger partial charge in [-0.25, -0.2) is 10.1 Å². The summed E-state index contributed by atoms with van der Waals surface area (Å²) in [6, 6.07) is 0. The summed E-state index contributed by atoms with van der Waals surface area (Å²) in [6.07, 6.45) is 2.87. The summed E-state index contributed by atoms with van der Waals surface area (Å²) in [5.41, 5.74) is 5.27. The van der Waals surface area contributed by atoms with Crippen LogP contribution in [0, 0.1) is 22.0 Å². The zero-order valence-corrected chi connectivity index (χ0v) is 9.33. The van der Waals surface area contributed by atoms with Crippen molar-refractivity contribution in [3.8, 4) is 0 Å². The van der Waals surface area contributed by atoms with Gasteiger partial charge in [0.05, 0.1) is 5.92 Å². The van der Waals surface area contributed by atoms with E-state index in [2.05, 4.69) is 10.4 Å². The highest BCUT2D eigenvalue weighted by molar-refractivity contribution is 5.77. The summed E-state index contributed by atoms with van der Waals surface area (Å²) >= 11 is 0. The SMILES string of the molecule is N/C(=N/[N+](=O)[O-])NCC1CCC(C(=O)O)CC1. The molecular weight excluding hydrogens is 228 g/mol. The summed E-state index contributed by atoms with van der Waals surface area (Å²) in [5.74, 6) is -0.914. The number of carboxylic acids is 1. The van der Waals surface area contributed by atoms with Crippen LogP contribution in [0.15, 0.2) is 5.10 Å². The molecule has 0 saturated heterocycles. The number of hydrogen-bond acceptors (Lipinski definition) is 3. The molecule has 8 heteroatoms. The summed E-state index contributed by atoms with van der Waals surface area (Å²) in [7, 11) is 0. The minimum Gasteiger partial charge on any atom is -0.481 e. The predicted molar refractivity (Wildman–Crippen MR) is 59.7 cm³/mol. The molecule has 0 heterocycles. The van der Waals surface area contributed by atoms with E-state index in [1.807, 2.05) is 0 Å². The Balaban J connectivity index is 2.27. The number of nitro groups is 1. The van der Waals surface area contributed by atoms with Gasteiger partial charge in [-0.05, 0) is 31.6 Å². The Morgan fingerprint density at radius 3 is 2.53 bits per heavy atom. The van der Waals surface area contributed by atoms with Crippen molar-refractivity contribution in [1.29, 1.82) is 0 Å². The number of nitrogens with two attached hydrogens (primary N) is 1. The van der Waals surface area contributed by atoms with Crippen molar-refractivity contribution in [2.24, 2.45) is 22.7 Å². The topological polar surface area (TPSA) is 131 Å². The summed E-state index contributed by atoms with van der Waals surface area (Å²) in [4.78, 5) is 20.7. The summed E-state index contributed by atoms with van der Waals surface area (Å²) in [5, 5.41) is 23.5. The lowest BCUT2D eigenvalue weighted by Gasteiger charge is -2.25. The molecule has 0 unspecified atom stereocenters. The molecule has 0 aliphatic heterocycles. The van der Waals surface area contributed by atoms with Crippen LogP contribution in [-0.4, -0.2) is 28.6 Å². The van der Waals surface area contributed by atoms with Crippen LogP contribution in [0.5, 0.6) is 0 Å². The van der Waals surface area contributed by atoms with Crippen molar-refractivity contribution in [2.75, 3.05) is 6.54 Å². The van der Waals surface area contributed by atoms with E-state index in [1.54, 1.807) is 0 Å². The summed E-state index contributed by atoms with van der Waals surface area (Å²) < 4.78 is 0. The molecule has 0 aromatic carbocycles. The third-order valence-corrected chi connectivity index (χ3v) is 2.96. The van der Waals surface area contributed by atoms with E-state index in [0.717, 1.165) is 12.8 Å². The number of nitrogens with zero attached hydrogens (tertiary/aromatic N) is 2. The molecule has 4 N–H and O–H groups in total. The maximum Gasteiger partial charge on any atom is 0.306 e. The molecule has 0 aromatic rings. The molecule has 1 aliphatic carbocycles. The number of carbonyl (C=O) groups is 1. The molecular formula is C9H16N4O4. The highest BCUT2D eigenvalue weighted by atomic mass is 16.7. The van der Waals surface area contributed by atoms with Crippen molar-refractivity contribution in [3.05, 3.63) is 10.1 Å². The fourth-order valence-corrected chi connectivity index (χ4v) is 1.99. The number of carboxylic acid groups (broad SMARTS) is 1. The lowest BCUT2D eigenvalue weighted by Crippen LogP contribution is -2.37. The van der Waals surface area contributed by atoms with Crippen molar-refractivity contribution < 1.29 is 14.9 Å². The van der Waals surface area contributed by atoms with Gasteiger partial charge in [-0.3, -0.25) is 4.79 Å². The number of hydrogen-bond donors (Lipinski definition) is 3. The molecule has 0 aromatic heterocycles. The molecule has 0 spiro atoms. The maximum absolute atomic E-state index is 10.7. The van der Waals surface area contributed by atoms with Crippen molar-refractivity contribution in [2.45, 2.75) is 25.7 Å². The highest BCUT2D eigenvalue weighted by Crippen LogP contribution is 2.28. The summed E-state index contributed by atoms with van der Waals surface area (Å²) in [6.45, 7) is 0.496. The van der Waals surface area contributed by atoms with Crippen LogP contribution in [0.2, 0.25) is 0 Å².